The summed E-state index contributed by atoms with van der Waals surface area (Å²) in [5, 5.41) is 0. The molecule has 1 unspecified atom stereocenters. The van der Waals surface area contributed by atoms with Crippen LogP contribution in [-0.2, 0) is 20.6 Å². The van der Waals surface area contributed by atoms with Gasteiger partial charge in [0.1, 0.15) is 5.65 Å². The second-order valence-electron chi connectivity index (χ2n) is 5.86. The molecule has 0 fully saturated rings. The molecule has 6 nitrogen and oxygen atoms in total. The number of H-pyrrole nitrogens is 1. The van der Waals surface area contributed by atoms with E-state index in [1.54, 1.807) is 7.05 Å². The van der Waals surface area contributed by atoms with Gasteiger partial charge in [-0.05, 0) is 24.6 Å². The summed E-state index contributed by atoms with van der Waals surface area (Å²) >= 11 is 5.38. The van der Waals surface area contributed by atoms with Crippen LogP contribution in [0.15, 0.2) is 9.59 Å². The number of aryl methyl sites for hydroxylation is 1. The van der Waals surface area contributed by atoms with Crippen molar-refractivity contribution in [2.75, 3.05) is 0 Å². The molecule has 2 aromatic heterocycles. The van der Waals surface area contributed by atoms with Crippen molar-refractivity contribution >= 4 is 23.4 Å². The minimum Gasteiger partial charge on any atom is -0.316 e. The number of aromatic nitrogens is 4. The van der Waals surface area contributed by atoms with E-state index in [0.717, 1.165) is 23.8 Å². The Kier molecular flexibility index (Phi) is 5.05. The fraction of sp³-hybridized carbons (Fsp3) is 0.667. The molecule has 22 heavy (non-hydrogen) atoms. The first-order valence-electron chi connectivity index (χ1n) is 7.80. The Morgan fingerprint density at radius 3 is 2.45 bits per heavy atom. The fourth-order valence-corrected chi connectivity index (χ4v) is 3.10. The van der Waals surface area contributed by atoms with Crippen LogP contribution < -0.4 is 11.2 Å². The van der Waals surface area contributed by atoms with E-state index in [1.807, 2.05) is 4.57 Å². The van der Waals surface area contributed by atoms with Crippen LogP contribution in [0.2, 0.25) is 0 Å². The average Bonchev–Trinajstić information content (AvgIpc) is 2.84. The molecule has 0 spiro atoms. The molecule has 0 aliphatic heterocycles. The molecule has 1 atom stereocenters. The summed E-state index contributed by atoms with van der Waals surface area (Å²) in [6, 6.07) is 0. The van der Waals surface area contributed by atoms with Crippen molar-refractivity contribution in [1.29, 1.82) is 0 Å². The summed E-state index contributed by atoms with van der Waals surface area (Å²) in [7, 11) is 3.15. The molecule has 0 aliphatic rings. The molecule has 0 aliphatic carbocycles. The van der Waals surface area contributed by atoms with Gasteiger partial charge in [0.2, 0.25) is 0 Å². The zero-order valence-corrected chi connectivity index (χ0v) is 14.5. The van der Waals surface area contributed by atoms with Crippen LogP contribution in [0.1, 0.15) is 39.5 Å². The van der Waals surface area contributed by atoms with Crippen LogP contribution in [0.5, 0.6) is 0 Å². The normalized spacial score (nSPS) is 12.9. The third-order valence-electron chi connectivity index (χ3n) is 4.37. The zero-order valence-electron chi connectivity index (χ0n) is 13.7. The molecule has 7 heteroatoms. The Balaban J connectivity index is 2.60. The number of hydrogen-bond donors (Lipinski definition) is 1. The molecule has 0 saturated heterocycles. The maximum atomic E-state index is 12.5. The maximum absolute atomic E-state index is 12.5. The van der Waals surface area contributed by atoms with Gasteiger partial charge in [-0.2, -0.15) is 0 Å². The van der Waals surface area contributed by atoms with Gasteiger partial charge in [-0.15, -0.1) is 0 Å². The Labute approximate surface area is 134 Å². The first-order chi connectivity index (χ1) is 10.4. The Morgan fingerprint density at radius 2 is 1.86 bits per heavy atom. The van der Waals surface area contributed by atoms with Crippen molar-refractivity contribution in [3.05, 3.63) is 25.6 Å². The Morgan fingerprint density at radius 1 is 1.18 bits per heavy atom. The van der Waals surface area contributed by atoms with Gasteiger partial charge in [0.15, 0.2) is 10.3 Å². The Hall–Kier alpha value is -1.63. The van der Waals surface area contributed by atoms with Crippen molar-refractivity contribution < 1.29 is 0 Å². The minimum atomic E-state index is -0.348. The predicted octanol–water partition coefficient (Wildman–Crippen LogP) is 2.31. The molecule has 2 aromatic rings. The fourth-order valence-electron chi connectivity index (χ4n) is 2.83. The number of aromatic amines is 1. The lowest BCUT2D eigenvalue weighted by Crippen LogP contribution is -2.37. The van der Waals surface area contributed by atoms with Gasteiger partial charge < -0.3 is 9.55 Å². The van der Waals surface area contributed by atoms with Crippen molar-refractivity contribution in [2.45, 2.75) is 46.1 Å². The highest BCUT2D eigenvalue weighted by molar-refractivity contribution is 7.71. The van der Waals surface area contributed by atoms with E-state index < -0.39 is 0 Å². The average molecular weight is 324 g/mol. The summed E-state index contributed by atoms with van der Waals surface area (Å²) in [5.74, 6) is 0.479. The van der Waals surface area contributed by atoms with Crippen molar-refractivity contribution in [3.63, 3.8) is 0 Å². The monoisotopic (exact) mass is 324 g/mol. The lowest BCUT2D eigenvalue weighted by atomic mass is 9.99. The molecule has 0 aromatic carbocycles. The van der Waals surface area contributed by atoms with Gasteiger partial charge >= 0.3 is 5.69 Å². The topological polar surface area (TPSA) is 64.7 Å². The summed E-state index contributed by atoms with van der Waals surface area (Å²) in [4.78, 5) is 27.5. The second-order valence-corrected chi connectivity index (χ2v) is 6.25. The quantitative estimate of drug-likeness (QED) is 0.829. The van der Waals surface area contributed by atoms with Gasteiger partial charge in [-0.3, -0.25) is 13.9 Å². The first kappa shape index (κ1) is 16.7. The van der Waals surface area contributed by atoms with Crippen LogP contribution in [-0.4, -0.2) is 18.7 Å². The molecule has 2 heterocycles. The summed E-state index contributed by atoms with van der Waals surface area (Å²) in [5.41, 5.74) is 0.350. The predicted molar refractivity (Wildman–Crippen MR) is 90.9 cm³/mol. The largest absolute Gasteiger partial charge is 0.332 e. The van der Waals surface area contributed by atoms with Crippen molar-refractivity contribution in [2.24, 2.45) is 20.0 Å². The third kappa shape index (κ3) is 2.82. The SMILES string of the molecule is CCCCC(CC)Cn1c(=S)[nH]c2c1c(=O)n(C)c(=O)n2C. The highest BCUT2D eigenvalue weighted by Crippen LogP contribution is 2.18. The number of nitrogens with zero attached hydrogens (tertiary/aromatic N) is 3. The molecule has 1 N–H and O–H groups in total. The van der Waals surface area contributed by atoms with Gasteiger partial charge in [-0.25, -0.2) is 4.79 Å². The third-order valence-corrected chi connectivity index (χ3v) is 4.69. The van der Waals surface area contributed by atoms with E-state index in [0.29, 0.717) is 28.4 Å². The maximum Gasteiger partial charge on any atom is 0.332 e. The van der Waals surface area contributed by atoms with Crippen molar-refractivity contribution in [1.82, 2.24) is 18.7 Å². The molecule has 122 valence electrons. The standard InChI is InChI=1S/C15H24N4O2S/c1-5-7-8-10(6-2)9-19-11-12(16-14(19)22)17(3)15(21)18(4)13(11)20/h10H,5-9H2,1-4H3,(H,16,22). The van der Waals surface area contributed by atoms with E-state index in [9.17, 15) is 9.59 Å². The van der Waals surface area contributed by atoms with E-state index in [2.05, 4.69) is 18.8 Å². The number of imidazole rings is 1. The van der Waals surface area contributed by atoms with Gasteiger partial charge in [0.25, 0.3) is 5.56 Å². The van der Waals surface area contributed by atoms with Crippen LogP contribution in [0, 0.1) is 10.7 Å². The number of unbranched alkanes of at least 4 members (excludes halogenated alkanes) is 1. The van der Waals surface area contributed by atoms with Crippen LogP contribution in [0.25, 0.3) is 11.2 Å². The highest BCUT2D eigenvalue weighted by atomic mass is 32.1. The smallest absolute Gasteiger partial charge is 0.316 e. The molecule has 0 radical (unpaired) electrons. The minimum absolute atomic E-state index is 0.296. The van der Waals surface area contributed by atoms with E-state index in [-0.39, 0.29) is 11.2 Å². The number of fused-ring (bicyclic) bond motifs is 1. The van der Waals surface area contributed by atoms with Gasteiger partial charge in [-0.1, -0.05) is 33.1 Å². The number of rotatable bonds is 6. The lowest BCUT2D eigenvalue weighted by Gasteiger charge is -2.15. The van der Waals surface area contributed by atoms with E-state index in [1.165, 1.54) is 18.0 Å². The van der Waals surface area contributed by atoms with Gasteiger partial charge in [0.05, 0.1) is 0 Å². The second kappa shape index (κ2) is 6.64. The number of nitrogens with one attached hydrogen (secondary N) is 1. The zero-order chi connectivity index (χ0) is 16.4. The lowest BCUT2D eigenvalue weighted by molar-refractivity contribution is 0.393. The summed E-state index contributed by atoms with van der Waals surface area (Å²) < 4.78 is 4.93. The molecular weight excluding hydrogens is 300 g/mol. The molecular formula is C15H24N4O2S. The molecule has 0 amide bonds. The van der Waals surface area contributed by atoms with E-state index >= 15 is 0 Å². The molecule has 0 bridgehead atoms. The summed E-state index contributed by atoms with van der Waals surface area (Å²) in [6.07, 6.45) is 4.49. The Bertz CT molecular complexity index is 840. The summed E-state index contributed by atoms with van der Waals surface area (Å²) in [6.45, 7) is 5.05. The van der Waals surface area contributed by atoms with E-state index in [4.69, 9.17) is 12.2 Å². The molecule has 2 rings (SSSR count). The van der Waals surface area contributed by atoms with Crippen LogP contribution >= 0.6 is 12.2 Å². The van der Waals surface area contributed by atoms with Crippen LogP contribution in [0.4, 0.5) is 0 Å². The number of hydrogen-bond acceptors (Lipinski definition) is 3. The highest BCUT2D eigenvalue weighted by Gasteiger charge is 2.17. The molecule has 0 saturated carbocycles. The van der Waals surface area contributed by atoms with Crippen molar-refractivity contribution in [3.8, 4) is 0 Å². The first-order valence-corrected chi connectivity index (χ1v) is 8.21. The van der Waals surface area contributed by atoms with Crippen LogP contribution in [0.3, 0.4) is 0 Å². The van der Waals surface area contributed by atoms with Gasteiger partial charge in [0, 0.05) is 20.6 Å².